The number of nitrogens with zero attached hydrogens (tertiary/aromatic N) is 3. The molecule has 0 aliphatic carbocycles. The molecule has 3 aromatic carbocycles. The Kier molecular flexibility index (Phi) is 8.13. The average Bonchev–Trinajstić information content (AvgIpc) is 3.70. The van der Waals surface area contributed by atoms with E-state index in [2.05, 4.69) is 0 Å². The van der Waals surface area contributed by atoms with Gasteiger partial charge in [0.2, 0.25) is 0 Å². The maximum atomic E-state index is 16.7. The fourth-order valence-corrected chi connectivity index (χ4v) is 5.61. The molecule has 0 N–H and O–H groups in total. The Morgan fingerprint density at radius 1 is 0.644 bits per heavy atom. The number of hydrogen-bond donors (Lipinski definition) is 0. The van der Waals surface area contributed by atoms with Crippen LogP contribution in [0.15, 0.2) is 115 Å². The Bertz CT molecular complexity index is 1890. The predicted octanol–water partition coefficient (Wildman–Crippen LogP) is 8.14. The van der Waals surface area contributed by atoms with E-state index in [9.17, 15) is 0 Å². The van der Waals surface area contributed by atoms with E-state index in [0.29, 0.717) is 28.4 Å². The number of halogens is 2. The molecule has 0 bridgehead atoms. The van der Waals surface area contributed by atoms with Crippen LogP contribution >= 0.6 is 0 Å². The second-order valence-corrected chi connectivity index (χ2v) is 11.1. The predicted molar refractivity (Wildman–Crippen MR) is 183 cm³/mol. The van der Waals surface area contributed by atoms with Crippen LogP contribution in [0.25, 0.3) is 29.9 Å². The molecule has 0 saturated heterocycles. The standard InChI is InChI=1S/C37H34BF2N3O2/c1-41(2)30-14-5-27(6-15-30)13-24-35-36-25-18-31(16-7-28-9-20-33(44-3)21-10-28)42(36)38(39,40)43-32(19-26-37(35)43)17-8-29-11-22-34(45-4)23-12-29/h5-26H,1-4H3/b16-7+,17-8+,24-13+. The van der Waals surface area contributed by atoms with Crippen molar-refractivity contribution >= 4 is 48.2 Å². The van der Waals surface area contributed by atoms with E-state index in [1.54, 1.807) is 50.7 Å². The van der Waals surface area contributed by atoms with E-state index < -0.39 is 6.97 Å². The molecule has 0 saturated carbocycles. The van der Waals surface area contributed by atoms with Crippen LogP contribution in [0, 0.1) is 0 Å². The molecule has 0 radical (unpaired) electrons. The van der Waals surface area contributed by atoms with Crippen molar-refractivity contribution in [2.24, 2.45) is 0 Å². The third-order valence-corrected chi connectivity index (χ3v) is 8.05. The van der Waals surface area contributed by atoms with Gasteiger partial charge in [0.05, 0.1) is 19.8 Å². The third kappa shape index (κ3) is 5.91. The lowest BCUT2D eigenvalue weighted by atomic mass is 9.87. The normalized spacial score (nSPS) is 15.4. The quantitative estimate of drug-likeness (QED) is 0.182. The van der Waals surface area contributed by atoms with Gasteiger partial charge in [-0.05, 0) is 83.4 Å². The van der Waals surface area contributed by atoms with Crippen molar-refractivity contribution in [1.82, 2.24) is 4.48 Å². The summed E-state index contributed by atoms with van der Waals surface area (Å²) in [4.78, 5) is 2.04. The van der Waals surface area contributed by atoms with E-state index in [1.807, 2.05) is 116 Å². The molecule has 2 aliphatic heterocycles. The van der Waals surface area contributed by atoms with Gasteiger partial charge in [-0.2, -0.15) is 0 Å². The fraction of sp³-hybridized carbons (Fsp3) is 0.108. The molecule has 0 atom stereocenters. The minimum absolute atomic E-state index is 0.413. The Morgan fingerprint density at radius 2 is 1.18 bits per heavy atom. The molecule has 3 heterocycles. The van der Waals surface area contributed by atoms with Crippen LogP contribution in [0.4, 0.5) is 14.3 Å². The summed E-state index contributed by atoms with van der Waals surface area (Å²) >= 11 is 0. The zero-order valence-corrected chi connectivity index (χ0v) is 25.7. The number of ether oxygens (including phenoxy) is 2. The number of allylic oxidation sites excluding steroid dienone is 5. The number of anilines is 1. The van der Waals surface area contributed by atoms with Crippen LogP contribution in [0.2, 0.25) is 0 Å². The van der Waals surface area contributed by atoms with E-state index >= 15 is 8.63 Å². The van der Waals surface area contributed by atoms with Crippen molar-refractivity contribution in [1.29, 1.82) is 0 Å². The highest BCUT2D eigenvalue weighted by Crippen LogP contribution is 2.39. The molecule has 8 heteroatoms. The minimum atomic E-state index is -4.22. The molecule has 0 spiro atoms. The van der Waals surface area contributed by atoms with Gasteiger partial charge >= 0.3 is 6.97 Å². The van der Waals surface area contributed by atoms with Crippen molar-refractivity contribution < 1.29 is 22.6 Å². The molecule has 45 heavy (non-hydrogen) atoms. The topological polar surface area (TPSA) is 29.6 Å². The molecule has 6 rings (SSSR count). The second-order valence-electron chi connectivity index (χ2n) is 11.1. The summed E-state index contributed by atoms with van der Waals surface area (Å²) in [6.45, 7) is -4.22. The van der Waals surface area contributed by atoms with E-state index in [-0.39, 0.29) is 0 Å². The highest BCUT2D eigenvalue weighted by atomic mass is 19.2. The number of fused-ring (bicyclic) bond motifs is 2. The monoisotopic (exact) mass is 601 g/mol. The first-order chi connectivity index (χ1) is 21.8. The first kappa shape index (κ1) is 29.7. The highest BCUT2D eigenvalue weighted by Gasteiger charge is 2.53. The Hall–Kier alpha value is -5.37. The SMILES string of the molecule is COc1ccc(/C=C/C2=[N+]3C(=C(/C=C/c4ccc(N(C)C)cc4)c4ccc(/C=C/c5ccc(OC)cc5)n4[B-]3(F)F)C=C2)cc1. The lowest BCUT2D eigenvalue weighted by molar-refractivity contribution is -0.360. The Balaban J connectivity index is 1.44. The van der Waals surface area contributed by atoms with Gasteiger partial charge in [0.25, 0.3) is 0 Å². The maximum absolute atomic E-state index is 16.7. The molecular formula is C37H34BF2N3O2. The summed E-state index contributed by atoms with van der Waals surface area (Å²) in [7, 11) is 7.21. The number of hydrogen-bond acceptors (Lipinski definition) is 3. The van der Waals surface area contributed by atoms with Crippen LogP contribution in [0.1, 0.15) is 28.1 Å². The summed E-state index contributed by atoms with van der Waals surface area (Å²) in [6, 6.07) is 26.6. The smallest absolute Gasteiger partial charge is 0.497 e. The van der Waals surface area contributed by atoms with Crippen LogP contribution < -0.4 is 14.4 Å². The average molecular weight is 602 g/mol. The molecule has 0 amide bonds. The van der Waals surface area contributed by atoms with Gasteiger partial charge in [-0.25, -0.2) is 0 Å². The van der Waals surface area contributed by atoms with Crippen LogP contribution in [-0.4, -0.2) is 50.0 Å². The summed E-state index contributed by atoms with van der Waals surface area (Å²) < 4.78 is 46.3. The fourth-order valence-electron chi connectivity index (χ4n) is 5.61. The Morgan fingerprint density at radius 3 is 1.73 bits per heavy atom. The zero-order valence-electron chi connectivity index (χ0n) is 25.7. The molecular weight excluding hydrogens is 567 g/mol. The van der Waals surface area contributed by atoms with Crippen molar-refractivity contribution in [3.05, 3.63) is 143 Å². The van der Waals surface area contributed by atoms with Gasteiger partial charge in [0.15, 0.2) is 11.4 Å². The zero-order chi connectivity index (χ0) is 31.6. The summed E-state index contributed by atoms with van der Waals surface area (Å²) in [5, 5.41) is 0. The van der Waals surface area contributed by atoms with Gasteiger partial charge in [0.1, 0.15) is 11.5 Å². The molecule has 0 unspecified atom stereocenters. The molecule has 5 nitrogen and oxygen atoms in total. The van der Waals surface area contributed by atoms with Gasteiger partial charge in [-0.1, -0.05) is 48.6 Å². The largest absolute Gasteiger partial charge is 0.737 e. The molecule has 0 fully saturated rings. The molecule has 1 aromatic heterocycles. The van der Waals surface area contributed by atoms with Crippen LogP contribution in [-0.2, 0) is 0 Å². The summed E-state index contributed by atoms with van der Waals surface area (Å²) in [6.07, 6.45) is 14.6. The number of benzene rings is 3. The van der Waals surface area contributed by atoms with Gasteiger partial charge in [-0.3, -0.25) is 0 Å². The summed E-state index contributed by atoms with van der Waals surface area (Å²) in [5.41, 5.74) is 6.30. The maximum Gasteiger partial charge on any atom is 0.737 e. The Labute approximate surface area is 262 Å². The lowest BCUT2D eigenvalue weighted by Crippen LogP contribution is -2.51. The number of methoxy groups -OCH3 is 2. The lowest BCUT2D eigenvalue weighted by Gasteiger charge is -2.32. The van der Waals surface area contributed by atoms with Crippen LogP contribution in [0.3, 0.4) is 0 Å². The van der Waals surface area contributed by atoms with E-state index in [0.717, 1.165) is 33.9 Å². The minimum Gasteiger partial charge on any atom is -0.497 e. The van der Waals surface area contributed by atoms with Crippen molar-refractivity contribution in [2.45, 2.75) is 0 Å². The van der Waals surface area contributed by atoms with Crippen LogP contribution in [0.5, 0.6) is 11.5 Å². The highest BCUT2D eigenvalue weighted by molar-refractivity contribution is 6.58. The van der Waals surface area contributed by atoms with Gasteiger partial charge < -0.3 is 32.0 Å². The molecule has 4 aromatic rings. The third-order valence-electron chi connectivity index (χ3n) is 8.05. The second kappa shape index (κ2) is 12.3. The summed E-state index contributed by atoms with van der Waals surface area (Å²) in [5.74, 6) is 1.47. The van der Waals surface area contributed by atoms with E-state index in [4.69, 9.17) is 9.47 Å². The van der Waals surface area contributed by atoms with Crippen molar-refractivity contribution in [2.75, 3.05) is 33.2 Å². The molecule has 2 aliphatic rings. The van der Waals surface area contributed by atoms with Crippen molar-refractivity contribution in [3.8, 4) is 11.5 Å². The van der Waals surface area contributed by atoms with E-state index in [1.165, 1.54) is 8.96 Å². The van der Waals surface area contributed by atoms with Gasteiger partial charge in [-0.15, -0.1) is 0 Å². The first-order valence-corrected chi connectivity index (χ1v) is 14.7. The number of rotatable bonds is 9. The number of aromatic nitrogens is 1. The first-order valence-electron chi connectivity index (χ1n) is 14.7. The van der Waals surface area contributed by atoms with Gasteiger partial charge in [0, 0.05) is 49.4 Å². The molecule has 226 valence electrons. The van der Waals surface area contributed by atoms with Crippen molar-refractivity contribution in [3.63, 3.8) is 0 Å².